The minimum atomic E-state index is -4.84. The SMILES string of the molecule is Cc1ccc(-c2ccc(F)c(C(F)(F)F)c2)c(C(=O)O)c1. The number of alkyl halides is 3. The summed E-state index contributed by atoms with van der Waals surface area (Å²) in [4.78, 5) is 11.2. The molecule has 21 heavy (non-hydrogen) atoms. The van der Waals surface area contributed by atoms with Crippen LogP contribution in [0.3, 0.4) is 0 Å². The van der Waals surface area contributed by atoms with Crippen molar-refractivity contribution in [2.75, 3.05) is 0 Å². The summed E-state index contributed by atoms with van der Waals surface area (Å²) in [5.41, 5.74) is -0.777. The summed E-state index contributed by atoms with van der Waals surface area (Å²) < 4.78 is 51.4. The third kappa shape index (κ3) is 3.04. The first kappa shape index (κ1) is 15.0. The van der Waals surface area contributed by atoms with Crippen LogP contribution in [0.1, 0.15) is 21.5 Å². The molecule has 2 rings (SSSR count). The highest BCUT2D eigenvalue weighted by molar-refractivity contribution is 5.96. The fourth-order valence-corrected chi connectivity index (χ4v) is 2.00. The summed E-state index contributed by atoms with van der Waals surface area (Å²) in [6, 6.07) is 6.77. The van der Waals surface area contributed by atoms with Crippen LogP contribution in [0.4, 0.5) is 17.6 Å². The Labute approximate surface area is 117 Å². The molecule has 2 aromatic carbocycles. The number of aryl methyl sites for hydroxylation is 1. The van der Waals surface area contributed by atoms with E-state index in [1.54, 1.807) is 13.0 Å². The Morgan fingerprint density at radius 2 is 1.76 bits per heavy atom. The van der Waals surface area contributed by atoms with Gasteiger partial charge in [-0.15, -0.1) is 0 Å². The smallest absolute Gasteiger partial charge is 0.419 e. The van der Waals surface area contributed by atoms with E-state index in [1.165, 1.54) is 12.1 Å². The van der Waals surface area contributed by atoms with E-state index in [9.17, 15) is 22.4 Å². The van der Waals surface area contributed by atoms with Gasteiger partial charge < -0.3 is 5.11 Å². The third-order valence-electron chi connectivity index (χ3n) is 2.99. The Hall–Kier alpha value is -2.37. The second-order valence-electron chi connectivity index (χ2n) is 4.55. The van der Waals surface area contributed by atoms with E-state index in [4.69, 9.17) is 5.11 Å². The Morgan fingerprint density at radius 3 is 2.33 bits per heavy atom. The zero-order valence-corrected chi connectivity index (χ0v) is 10.8. The number of hydrogen-bond donors (Lipinski definition) is 1. The van der Waals surface area contributed by atoms with Crippen molar-refractivity contribution in [1.82, 2.24) is 0 Å². The van der Waals surface area contributed by atoms with Gasteiger partial charge in [-0.1, -0.05) is 23.8 Å². The van der Waals surface area contributed by atoms with E-state index < -0.39 is 23.5 Å². The maximum Gasteiger partial charge on any atom is 0.419 e. The molecule has 0 amide bonds. The number of carbonyl (C=O) groups is 1. The van der Waals surface area contributed by atoms with Gasteiger partial charge in [0.15, 0.2) is 0 Å². The van der Waals surface area contributed by atoms with Crippen LogP contribution >= 0.6 is 0 Å². The Morgan fingerprint density at radius 1 is 1.10 bits per heavy atom. The molecule has 0 radical (unpaired) electrons. The van der Waals surface area contributed by atoms with Gasteiger partial charge in [-0.05, 0) is 36.2 Å². The molecule has 0 aliphatic carbocycles. The molecule has 0 saturated heterocycles. The number of hydrogen-bond acceptors (Lipinski definition) is 1. The molecule has 0 aliphatic rings. The lowest BCUT2D eigenvalue weighted by atomic mass is 9.96. The normalized spacial score (nSPS) is 11.5. The van der Waals surface area contributed by atoms with Crippen molar-refractivity contribution < 1.29 is 27.5 Å². The highest BCUT2D eigenvalue weighted by Gasteiger charge is 2.34. The van der Waals surface area contributed by atoms with Gasteiger partial charge in [0, 0.05) is 0 Å². The lowest BCUT2D eigenvalue weighted by molar-refractivity contribution is -0.139. The van der Waals surface area contributed by atoms with Crippen LogP contribution in [0, 0.1) is 12.7 Å². The van der Waals surface area contributed by atoms with Gasteiger partial charge in [-0.25, -0.2) is 9.18 Å². The molecule has 0 spiro atoms. The van der Waals surface area contributed by atoms with Gasteiger partial charge in [-0.3, -0.25) is 0 Å². The molecule has 2 aromatic rings. The van der Waals surface area contributed by atoms with Crippen molar-refractivity contribution in [2.24, 2.45) is 0 Å². The van der Waals surface area contributed by atoms with Crippen LogP contribution in [0.15, 0.2) is 36.4 Å². The molecule has 0 saturated carbocycles. The number of benzene rings is 2. The van der Waals surface area contributed by atoms with Crippen molar-refractivity contribution in [3.63, 3.8) is 0 Å². The second kappa shape index (κ2) is 5.20. The summed E-state index contributed by atoms with van der Waals surface area (Å²) in [7, 11) is 0. The molecule has 2 nitrogen and oxygen atoms in total. The molecular formula is C15H10F4O2. The van der Waals surface area contributed by atoms with Crippen molar-refractivity contribution in [3.8, 4) is 11.1 Å². The zero-order valence-electron chi connectivity index (χ0n) is 10.8. The van der Waals surface area contributed by atoms with E-state index in [1.807, 2.05) is 0 Å². The second-order valence-corrected chi connectivity index (χ2v) is 4.55. The van der Waals surface area contributed by atoms with E-state index in [-0.39, 0.29) is 16.7 Å². The van der Waals surface area contributed by atoms with Crippen LogP contribution in [0.5, 0.6) is 0 Å². The molecule has 0 unspecified atom stereocenters. The Bertz CT molecular complexity index is 705. The van der Waals surface area contributed by atoms with Crippen molar-refractivity contribution in [1.29, 1.82) is 0 Å². The average molecular weight is 298 g/mol. The number of halogens is 4. The van der Waals surface area contributed by atoms with E-state index in [2.05, 4.69) is 0 Å². The highest BCUT2D eigenvalue weighted by atomic mass is 19.4. The van der Waals surface area contributed by atoms with Crippen LogP contribution in [-0.4, -0.2) is 11.1 Å². The monoisotopic (exact) mass is 298 g/mol. The predicted molar refractivity (Wildman–Crippen MR) is 68.5 cm³/mol. The van der Waals surface area contributed by atoms with Gasteiger partial charge in [0.05, 0.1) is 11.1 Å². The molecule has 1 N–H and O–H groups in total. The molecule has 0 aliphatic heterocycles. The number of carboxylic acid groups (broad SMARTS) is 1. The Kier molecular flexibility index (Phi) is 3.72. The molecule has 6 heteroatoms. The fraction of sp³-hybridized carbons (Fsp3) is 0.133. The van der Waals surface area contributed by atoms with Gasteiger partial charge >= 0.3 is 12.1 Å². The van der Waals surface area contributed by atoms with E-state index >= 15 is 0 Å². The van der Waals surface area contributed by atoms with E-state index in [0.717, 1.165) is 6.07 Å². The maximum absolute atomic E-state index is 13.3. The van der Waals surface area contributed by atoms with E-state index in [0.29, 0.717) is 17.7 Å². The Balaban J connectivity index is 2.66. The summed E-state index contributed by atoms with van der Waals surface area (Å²) in [5, 5.41) is 9.14. The first-order valence-corrected chi connectivity index (χ1v) is 5.91. The minimum Gasteiger partial charge on any atom is -0.478 e. The standard InChI is InChI=1S/C15H10F4O2/c1-8-2-4-10(11(6-8)14(20)21)9-3-5-13(16)12(7-9)15(17,18)19/h2-7H,1H3,(H,20,21). The summed E-state index contributed by atoms with van der Waals surface area (Å²) >= 11 is 0. The van der Waals surface area contributed by atoms with Crippen LogP contribution in [0.25, 0.3) is 11.1 Å². The topological polar surface area (TPSA) is 37.3 Å². The lowest BCUT2D eigenvalue weighted by Gasteiger charge is -2.12. The first-order chi connectivity index (χ1) is 9.70. The third-order valence-corrected chi connectivity index (χ3v) is 2.99. The molecule has 0 aromatic heterocycles. The fourth-order valence-electron chi connectivity index (χ4n) is 2.00. The van der Waals surface area contributed by atoms with Crippen LogP contribution < -0.4 is 0 Å². The first-order valence-electron chi connectivity index (χ1n) is 5.91. The minimum absolute atomic E-state index is 0.00104. The van der Waals surface area contributed by atoms with Crippen molar-refractivity contribution >= 4 is 5.97 Å². The number of carboxylic acids is 1. The van der Waals surface area contributed by atoms with Crippen LogP contribution in [0.2, 0.25) is 0 Å². The summed E-state index contributed by atoms with van der Waals surface area (Å²) in [6.45, 7) is 1.67. The van der Waals surface area contributed by atoms with Gasteiger partial charge in [0.25, 0.3) is 0 Å². The molecule has 0 bridgehead atoms. The van der Waals surface area contributed by atoms with Gasteiger partial charge in [0.1, 0.15) is 5.82 Å². The molecule has 110 valence electrons. The molecule has 0 atom stereocenters. The number of aromatic carboxylic acids is 1. The summed E-state index contributed by atoms with van der Waals surface area (Å²) in [5.74, 6) is -2.65. The van der Waals surface area contributed by atoms with Crippen molar-refractivity contribution in [2.45, 2.75) is 13.1 Å². The lowest BCUT2D eigenvalue weighted by Crippen LogP contribution is -2.08. The van der Waals surface area contributed by atoms with Crippen LogP contribution in [-0.2, 0) is 6.18 Å². The zero-order chi connectivity index (χ0) is 15.8. The average Bonchev–Trinajstić information content (AvgIpc) is 2.38. The summed E-state index contributed by atoms with van der Waals surface area (Å²) in [6.07, 6.45) is -4.84. The molecule has 0 fully saturated rings. The van der Waals surface area contributed by atoms with Gasteiger partial charge in [-0.2, -0.15) is 13.2 Å². The molecular weight excluding hydrogens is 288 g/mol. The number of rotatable bonds is 2. The van der Waals surface area contributed by atoms with Gasteiger partial charge in [0.2, 0.25) is 0 Å². The molecule has 0 heterocycles. The predicted octanol–water partition coefficient (Wildman–Crippen LogP) is 4.52. The highest BCUT2D eigenvalue weighted by Crippen LogP contribution is 2.35. The van der Waals surface area contributed by atoms with Crippen molar-refractivity contribution in [3.05, 3.63) is 58.9 Å². The quantitative estimate of drug-likeness (QED) is 0.828. The maximum atomic E-state index is 13.3. The largest absolute Gasteiger partial charge is 0.478 e.